The summed E-state index contributed by atoms with van der Waals surface area (Å²) in [6.07, 6.45) is 7.50. The van der Waals surface area contributed by atoms with Gasteiger partial charge in [0.2, 0.25) is 0 Å². The zero-order chi connectivity index (χ0) is 14.4. The molecule has 0 amide bonds. The molecule has 0 radical (unpaired) electrons. The second-order valence-corrected chi connectivity index (χ2v) is 6.39. The molecule has 0 aromatic heterocycles. The van der Waals surface area contributed by atoms with Gasteiger partial charge in [-0.3, -0.25) is 0 Å². The molecule has 1 aromatic carbocycles. The Balaban J connectivity index is 1.25. The first-order chi connectivity index (χ1) is 10.4. The fourth-order valence-corrected chi connectivity index (χ4v) is 3.32. The Labute approximate surface area is 128 Å². The van der Waals surface area contributed by atoms with E-state index in [1.54, 1.807) is 0 Å². The van der Waals surface area contributed by atoms with Gasteiger partial charge in [-0.05, 0) is 44.2 Å². The Morgan fingerprint density at radius 1 is 1.24 bits per heavy atom. The highest BCUT2D eigenvalue weighted by Gasteiger charge is 2.42. The second kappa shape index (κ2) is 7.39. The van der Waals surface area contributed by atoms with Crippen LogP contribution >= 0.6 is 0 Å². The fourth-order valence-electron chi connectivity index (χ4n) is 3.32. The van der Waals surface area contributed by atoms with Crippen LogP contribution in [0.3, 0.4) is 0 Å². The minimum absolute atomic E-state index is 0.203. The quantitative estimate of drug-likeness (QED) is 0.781. The third kappa shape index (κ3) is 4.29. The fraction of sp³-hybridized carbons (Fsp3) is 0.667. The molecule has 1 saturated carbocycles. The first kappa shape index (κ1) is 15.0. The van der Waals surface area contributed by atoms with Crippen LogP contribution in [0.5, 0.6) is 0 Å². The van der Waals surface area contributed by atoms with Gasteiger partial charge in [-0.15, -0.1) is 0 Å². The molecule has 3 heteroatoms. The van der Waals surface area contributed by atoms with Gasteiger partial charge in [0.05, 0.1) is 11.7 Å². The zero-order valence-corrected chi connectivity index (χ0v) is 12.9. The van der Waals surface area contributed by atoms with Crippen LogP contribution in [0.25, 0.3) is 0 Å². The predicted molar refractivity (Wildman–Crippen MR) is 84.3 cm³/mol. The minimum atomic E-state index is 0.203. The molecule has 3 rings (SSSR count). The van der Waals surface area contributed by atoms with E-state index in [0.717, 1.165) is 45.6 Å². The summed E-state index contributed by atoms with van der Waals surface area (Å²) < 4.78 is 12.0. The van der Waals surface area contributed by atoms with Crippen molar-refractivity contribution in [2.24, 2.45) is 0 Å². The molecule has 0 bridgehead atoms. The molecular weight excluding hydrogens is 262 g/mol. The lowest BCUT2D eigenvalue weighted by Gasteiger charge is -2.47. The number of benzene rings is 1. The maximum atomic E-state index is 6.05. The van der Waals surface area contributed by atoms with Crippen LogP contribution in [-0.4, -0.2) is 31.5 Å². The lowest BCUT2D eigenvalue weighted by atomic mass is 9.74. The molecule has 1 aromatic rings. The van der Waals surface area contributed by atoms with Gasteiger partial charge in [0.25, 0.3) is 0 Å². The van der Waals surface area contributed by atoms with Gasteiger partial charge in [-0.2, -0.15) is 0 Å². The minimum Gasteiger partial charge on any atom is -0.378 e. The normalized spacial score (nSPS) is 23.9. The number of nitrogens with one attached hydrogen (secondary N) is 1. The Hall–Kier alpha value is -0.900. The summed E-state index contributed by atoms with van der Waals surface area (Å²) in [5.41, 5.74) is 1.55. The molecule has 1 atom stereocenters. The van der Waals surface area contributed by atoms with Gasteiger partial charge >= 0.3 is 0 Å². The summed E-state index contributed by atoms with van der Waals surface area (Å²) in [4.78, 5) is 0. The smallest absolute Gasteiger partial charge is 0.0707 e. The van der Waals surface area contributed by atoms with Crippen LogP contribution in [0, 0.1) is 0 Å². The molecule has 1 heterocycles. The molecule has 2 fully saturated rings. The number of ether oxygens (including phenoxy) is 2. The van der Waals surface area contributed by atoms with E-state index in [1.807, 2.05) is 0 Å². The summed E-state index contributed by atoms with van der Waals surface area (Å²) in [6.45, 7) is 3.71. The van der Waals surface area contributed by atoms with Crippen molar-refractivity contribution in [2.45, 2.75) is 56.8 Å². The van der Waals surface area contributed by atoms with Crippen molar-refractivity contribution < 1.29 is 9.47 Å². The summed E-state index contributed by atoms with van der Waals surface area (Å²) in [5.74, 6) is 0. The summed E-state index contributed by atoms with van der Waals surface area (Å²) in [6, 6.07) is 10.5. The molecule has 1 spiro atoms. The number of hydrogen-bond acceptors (Lipinski definition) is 3. The Morgan fingerprint density at radius 3 is 2.86 bits per heavy atom. The number of hydrogen-bond donors (Lipinski definition) is 1. The molecule has 1 N–H and O–H groups in total. The van der Waals surface area contributed by atoms with E-state index in [2.05, 4.69) is 35.6 Å². The maximum Gasteiger partial charge on any atom is 0.0707 e. The first-order valence-corrected chi connectivity index (χ1v) is 8.37. The van der Waals surface area contributed by atoms with E-state index < -0.39 is 0 Å². The second-order valence-electron chi connectivity index (χ2n) is 6.39. The third-order valence-corrected chi connectivity index (χ3v) is 4.74. The van der Waals surface area contributed by atoms with Crippen LogP contribution in [0.15, 0.2) is 30.3 Å². The molecule has 1 unspecified atom stereocenters. The molecule has 3 nitrogen and oxygen atoms in total. The molecule has 2 aliphatic rings. The van der Waals surface area contributed by atoms with Crippen LogP contribution in [0.1, 0.15) is 44.1 Å². The van der Waals surface area contributed by atoms with Gasteiger partial charge in [-0.25, -0.2) is 0 Å². The van der Waals surface area contributed by atoms with E-state index in [4.69, 9.17) is 9.47 Å². The largest absolute Gasteiger partial charge is 0.378 e. The Morgan fingerprint density at radius 2 is 2.10 bits per heavy atom. The standard InChI is InChI=1S/C18H27NO2/c1-2-6-16(7-3-1)15-19-11-5-12-20-17-8-13-21-18(14-17)9-4-10-18/h1-3,6-7,17,19H,4-5,8-15H2. The van der Waals surface area contributed by atoms with E-state index >= 15 is 0 Å². The SMILES string of the molecule is c1ccc(CNCCCOC2CCOC3(CCC3)C2)cc1. The van der Waals surface area contributed by atoms with Crippen LogP contribution < -0.4 is 5.32 Å². The highest BCUT2D eigenvalue weighted by Crippen LogP contribution is 2.42. The summed E-state index contributed by atoms with van der Waals surface area (Å²) in [7, 11) is 0. The van der Waals surface area contributed by atoms with E-state index in [-0.39, 0.29) is 5.60 Å². The third-order valence-electron chi connectivity index (χ3n) is 4.74. The Bertz CT molecular complexity index is 416. The predicted octanol–water partition coefficient (Wildman–Crippen LogP) is 3.28. The summed E-state index contributed by atoms with van der Waals surface area (Å²) in [5, 5.41) is 3.47. The Kier molecular flexibility index (Phi) is 5.28. The van der Waals surface area contributed by atoms with Gasteiger partial charge < -0.3 is 14.8 Å². The van der Waals surface area contributed by atoms with Crippen molar-refractivity contribution in [1.82, 2.24) is 5.32 Å². The topological polar surface area (TPSA) is 30.5 Å². The van der Waals surface area contributed by atoms with Crippen molar-refractivity contribution >= 4 is 0 Å². The van der Waals surface area contributed by atoms with Crippen LogP contribution in [0.2, 0.25) is 0 Å². The highest BCUT2D eigenvalue weighted by molar-refractivity contribution is 5.14. The lowest BCUT2D eigenvalue weighted by molar-refractivity contribution is -0.169. The molecule has 21 heavy (non-hydrogen) atoms. The lowest BCUT2D eigenvalue weighted by Crippen LogP contribution is -2.47. The highest BCUT2D eigenvalue weighted by atomic mass is 16.5. The maximum absolute atomic E-state index is 6.05. The molecule has 1 aliphatic heterocycles. The monoisotopic (exact) mass is 289 g/mol. The molecule has 116 valence electrons. The van der Waals surface area contributed by atoms with Crippen molar-refractivity contribution in [1.29, 1.82) is 0 Å². The van der Waals surface area contributed by atoms with E-state index in [1.165, 1.54) is 24.8 Å². The first-order valence-electron chi connectivity index (χ1n) is 8.37. The molecule has 1 aliphatic carbocycles. The van der Waals surface area contributed by atoms with Gasteiger partial charge in [0.15, 0.2) is 0 Å². The van der Waals surface area contributed by atoms with E-state index in [0.29, 0.717) is 6.10 Å². The summed E-state index contributed by atoms with van der Waals surface area (Å²) >= 11 is 0. The average Bonchev–Trinajstić information content (AvgIpc) is 2.50. The number of rotatable bonds is 7. The van der Waals surface area contributed by atoms with Gasteiger partial charge in [0, 0.05) is 26.2 Å². The van der Waals surface area contributed by atoms with Gasteiger partial charge in [-0.1, -0.05) is 30.3 Å². The van der Waals surface area contributed by atoms with E-state index in [9.17, 15) is 0 Å². The van der Waals surface area contributed by atoms with Crippen molar-refractivity contribution in [2.75, 3.05) is 19.8 Å². The van der Waals surface area contributed by atoms with Crippen molar-refractivity contribution in [3.8, 4) is 0 Å². The van der Waals surface area contributed by atoms with Crippen molar-refractivity contribution in [3.63, 3.8) is 0 Å². The molecular formula is C18H27NO2. The van der Waals surface area contributed by atoms with Crippen LogP contribution in [-0.2, 0) is 16.0 Å². The van der Waals surface area contributed by atoms with Crippen molar-refractivity contribution in [3.05, 3.63) is 35.9 Å². The van der Waals surface area contributed by atoms with Gasteiger partial charge in [0.1, 0.15) is 0 Å². The van der Waals surface area contributed by atoms with Crippen LogP contribution in [0.4, 0.5) is 0 Å². The zero-order valence-electron chi connectivity index (χ0n) is 12.9. The average molecular weight is 289 g/mol. The molecule has 1 saturated heterocycles.